The Kier molecular flexibility index (Phi) is 6.87. The third kappa shape index (κ3) is 4.94. The SMILES string of the molecule is C/C=C(\C=C1\N=C(CC2CC(C#N)C2)C(C2C=CC(Cl)=CC2)=NC1C)C(=O)OC. The zero-order valence-electron chi connectivity index (χ0n) is 17.1. The van der Waals surface area contributed by atoms with Crippen molar-refractivity contribution in [3.05, 3.63) is 46.7 Å². The summed E-state index contributed by atoms with van der Waals surface area (Å²) in [4.78, 5) is 21.9. The Morgan fingerprint density at radius 3 is 2.79 bits per heavy atom. The van der Waals surface area contributed by atoms with Crippen molar-refractivity contribution >= 4 is 29.0 Å². The van der Waals surface area contributed by atoms with Crippen LogP contribution in [0.3, 0.4) is 0 Å². The fourth-order valence-corrected chi connectivity index (χ4v) is 4.05. The molecule has 1 heterocycles. The number of hydrogen-bond acceptors (Lipinski definition) is 5. The van der Waals surface area contributed by atoms with Gasteiger partial charge in [-0.15, -0.1) is 0 Å². The molecule has 0 spiro atoms. The molecule has 6 heteroatoms. The summed E-state index contributed by atoms with van der Waals surface area (Å²) >= 11 is 6.09. The second-order valence-corrected chi connectivity index (χ2v) is 8.15. The minimum Gasteiger partial charge on any atom is -0.465 e. The Balaban J connectivity index is 1.89. The average molecular weight is 412 g/mol. The highest BCUT2D eigenvalue weighted by Gasteiger charge is 2.34. The van der Waals surface area contributed by atoms with E-state index in [1.54, 1.807) is 19.1 Å². The van der Waals surface area contributed by atoms with Gasteiger partial charge >= 0.3 is 5.97 Å². The number of rotatable bonds is 5. The van der Waals surface area contributed by atoms with Crippen LogP contribution in [-0.4, -0.2) is 30.5 Å². The maximum Gasteiger partial charge on any atom is 0.337 e. The molecule has 1 fully saturated rings. The standard InChI is InChI=1S/C23H26ClN3O2/c1-4-17(23(28)29-3)12-20-14(2)26-22(18-5-7-19(24)8-6-18)21(27-20)11-15-9-16(10-15)13-25/h4-5,7-8,12,14-16,18H,6,9-11H2,1-3H3/b17-4+,20-12+. The smallest absolute Gasteiger partial charge is 0.337 e. The second kappa shape index (κ2) is 9.37. The molecular formula is C23H26ClN3O2. The van der Waals surface area contributed by atoms with Crippen molar-refractivity contribution in [2.75, 3.05) is 7.11 Å². The Labute approximate surface area is 177 Å². The predicted molar refractivity (Wildman–Crippen MR) is 116 cm³/mol. The summed E-state index contributed by atoms with van der Waals surface area (Å²) in [6.07, 6.45) is 12.9. The van der Waals surface area contributed by atoms with E-state index in [0.29, 0.717) is 11.5 Å². The summed E-state index contributed by atoms with van der Waals surface area (Å²) < 4.78 is 4.85. The molecule has 29 heavy (non-hydrogen) atoms. The highest BCUT2D eigenvalue weighted by molar-refractivity contribution is 6.44. The lowest BCUT2D eigenvalue weighted by atomic mass is 9.72. The van der Waals surface area contributed by atoms with E-state index in [0.717, 1.165) is 47.8 Å². The number of nitrogens with zero attached hydrogens (tertiary/aromatic N) is 3. The van der Waals surface area contributed by atoms with Gasteiger partial charge in [-0.25, -0.2) is 4.79 Å². The van der Waals surface area contributed by atoms with Gasteiger partial charge in [-0.05, 0) is 57.6 Å². The second-order valence-electron chi connectivity index (χ2n) is 7.71. The number of carbonyl (C=O) groups excluding carboxylic acids is 1. The molecule has 0 aromatic carbocycles. The molecule has 0 N–H and O–H groups in total. The van der Waals surface area contributed by atoms with E-state index >= 15 is 0 Å². The van der Waals surface area contributed by atoms with Crippen molar-refractivity contribution in [3.63, 3.8) is 0 Å². The number of hydrogen-bond donors (Lipinski definition) is 0. The average Bonchev–Trinajstić information content (AvgIpc) is 2.70. The summed E-state index contributed by atoms with van der Waals surface area (Å²) in [5.74, 6) is 0.369. The van der Waals surface area contributed by atoms with Crippen LogP contribution in [0.25, 0.3) is 0 Å². The molecule has 0 aromatic rings. The summed E-state index contributed by atoms with van der Waals surface area (Å²) in [6, 6.07) is 2.19. The van der Waals surface area contributed by atoms with Crippen LogP contribution in [0.2, 0.25) is 0 Å². The van der Waals surface area contributed by atoms with Gasteiger partial charge in [0.15, 0.2) is 0 Å². The number of allylic oxidation sites excluding steroid dienone is 5. The summed E-state index contributed by atoms with van der Waals surface area (Å²) in [5.41, 5.74) is 3.17. The van der Waals surface area contributed by atoms with Gasteiger partial charge in [0.1, 0.15) is 0 Å². The number of methoxy groups -OCH3 is 1. The first-order valence-corrected chi connectivity index (χ1v) is 10.4. The lowest BCUT2D eigenvalue weighted by Crippen LogP contribution is -2.34. The first kappa shape index (κ1) is 21.3. The van der Waals surface area contributed by atoms with Crippen LogP contribution >= 0.6 is 11.6 Å². The molecule has 2 aliphatic carbocycles. The van der Waals surface area contributed by atoms with Crippen molar-refractivity contribution in [2.24, 2.45) is 27.7 Å². The van der Waals surface area contributed by atoms with E-state index in [1.165, 1.54) is 7.11 Å². The van der Waals surface area contributed by atoms with Crippen LogP contribution in [0, 0.1) is 29.1 Å². The Hall–Kier alpha value is -2.45. The maximum absolute atomic E-state index is 12.0. The van der Waals surface area contributed by atoms with Crippen molar-refractivity contribution in [1.29, 1.82) is 5.26 Å². The van der Waals surface area contributed by atoms with E-state index in [-0.39, 0.29) is 23.8 Å². The van der Waals surface area contributed by atoms with E-state index in [1.807, 2.05) is 19.1 Å². The van der Waals surface area contributed by atoms with Crippen molar-refractivity contribution < 1.29 is 9.53 Å². The van der Waals surface area contributed by atoms with Crippen LogP contribution in [0.1, 0.15) is 39.5 Å². The predicted octanol–water partition coefficient (Wildman–Crippen LogP) is 4.91. The van der Waals surface area contributed by atoms with E-state index < -0.39 is 0 Å². The van der Waals surface area contributed by atoms with Crippen LogP contribution in [0.4, 0.5) is 0 Å². The topological polar surface area (TPSA) is 74.8 Å². The largest absolute Gasteiger partial charge is 0.465 e. The highest BCUT2D eigenvalue weighted by atomic mass is 35.5. The lowest BCUT2D eigenvalue weighted by Gasteiger charge is -2.33. The zero-order chi connectivity index (χ0) is 21.0. The lowest BCUT2D eigenvalue weighted by molar-refractivity contribution is -0.135. The molecule has 3 rings (SSSR count). The molecule has 152 valence electrons. The molecule has 0 bridgehead atoms. The molecule has 5 nitrogen and oxygen atoms in total. The summed E-state index contributed by atoms with van der Waals surface area (Å²) in [5, 5.41) is 9.82. The molecule has 2 unspecified atom stereocenters. The van der Waals surface area contributed by atoms with Crippen LogP contribution in [-0.2, 0) is 9.53 Å². The molecule has 0 amide bonds. The van der Waals surface area contributed by atoms with Gasteiger partial charge in [0.2, 0.25) is 0 Å². The molecule has 2 atom stereocenters. The first-order chi connectivity index (χ1) is 13.9. The van der Waals surface area contributed by atoms with Gasteiger partial charge in [0.25, 0.3) is 0 Å². The molecule has 1 aliphatic heterocycles. The van der Waals surface area contributed by atoms with Crippen molar-refractivity contribution in [2.45, 2.75) is 45.6 Å². The Morgan fingerprint density at radius 1 is 1.45 bits per heavy atom. The Morgan fingerprint density at radius 2 is 2.21 bits per heavy atom. The molecular weight excluding hydrogens is 386 g/mol. The van der Waals surface area contributed by atoms with Crippen molar-refractivity contribution in [1.82, 2.24) is 0 Å². The molecule has 0 saturated heterocycles. The van der Waals surface area contributed by atoms with Crippen LogP contribution < -0.4 is 0 Å². The monoisotopic (exact) mass is 411 g/mol. The third-order valence-corrected chi connectivity index (χ3v) is 5.94. The normalized spacial score (nSPS) is 30.7. The van der Waals surface area contributed by atoms with Gasteiger partial charge < -0.3 is 4.74 Å². The van der Waals surface area contributed by atoms with Gasteiger partial charge in [0.05, 0.1) is 41.9 Å². The summed E-state index contributed by atoms with van der Waals surface area (Å²) in [6.45, 7) is 3.79. The number of ether oxygens (including phenoxy) is 1. The van der Waals surface area contributed by atoms with Crippen LogP contribution in [0.5, 0.6) is 0 Å². The van der Waals surface area contributed by atoms with Gasteiger partial charge in [-0.1, -0.05) is 29.8 Å². The number of esters is 1. The number of aliphatic imine (C=N–C) groups is 2. The van der Waals surface area contributed by atoms with Crippen molar-refractivity contribution in [3.8, 4) is 6.07 Å². The first-order valence-electron chi connectivity index (χ1n) is 10.0. The number of nitriles is 1. The van der Waals surface area contributed by atoms with E-state index in [9.17, 15) is 4.79 Å². The fourth-order valence-electron chi connectivity index (χ4n) is 3.88. The minimum absolute atomic E-state index is 0.147. The third-order valence-electron chi connectivity index (χ3n) is 5.66. The van der Waals surface area contributed by atoms with Crippen LogP contribution in [0.15, 0.2) is 56.7 Å². The zero-order valence-corrected chi connectivity index (χ0v) is 17.8. The number of halogens is 1. The molecule has 0 radical (unpaired) electrons. The van der Waals surface area contributed by atoms with E-state index in [2.05, 4.69) is 12.1 Å². The maximum atomic E-state index is 12.0. The van der Waals surface area contributed by atoms with E-state index in [4.69, 9.17) is 31.6 Å². The Bertz CT molecular complexity index is 896. The fraction of sp³-hybridized carbons (Fsp3) is 0.478. The minimum atomic E-state index is -0.385. The summed E-state index contributed by atoms with van der Waals surface area (Å²) in [7, 11) is 1.37. The quantitative estimate of drug-likeness (QED) is 0.476. The molecule has 0 aromatic heterocycles. The molecule has 1 saturated carbocycles. The highest BCUT2D eigenvalue weighted by Crippen LogP contribution is 2.37. The number of carbonyl (C=O) groups is 1. The van der Waals surface area contributed by atoms with Gasteiger partial charge in [-0.2, -0.15) is 5.26 Å². The van der Waals surface area contributed by atoms with Gasteiger partial charge in [0, 0.05) is 16.9 Å². The van der Waals surface area contributed by atoms with Gasteiger partial charge in [-0.3, -0.25) is 9.98 Å². The molecule has 3 aliphatic rings.